The number of nitrogens with one attached hydrogen (secondary N) is 1. The Kier molecular flexibility index (Phi) is 5.44. The van der Waals surface area contributed by atoms with Crippen LogP contribution in [-0.4, -0.2) is 28.8 Å². The molecule has 0 bridgehead atoms. The monoisotopic (exact) mass is 467 g/mol. The average Bonchev–Trinajstić information content (AvgIpc) is 3.43. The first kappa shape index (κ1) is 21.6. The van der Waals surface area contributed by atoms with E-state index in [9.17, 15) is 14.0 Å². The van der Waals surface area contributed by atoms with E-state index in [0.29, 0.717) is 41.3 Å². The molecule has 0 aliphatic heterocycles. The highest BCUT2D eigenvalue weighted by molar-refractivity contribution is 6.32. The van der Waals surface area contributed by atoms with Gasteiger partial charge in [-0.1, -0.05) is 23.7 Å². The first-order chi connectivity index (χ1) is 15.9. The number of esters is 1. The molecule has 33 heavy (non-hydrogen) atoms. The maximum Gasteiger partial charge on any atom is 0.338 e. The van der Waals surface area contributed by atoms with Crippen LogP contribution in [-0.2, 0) is 14.9 Å². The van der Waals surface area contributed by atoms with E-state index in [-0.39, 0.29) is 10.9 Å². The molecular formula is C25H23ClFN3O3. The second-order valence-corrected chi connectivity index (χ2v) is 9.11. The second-order valence-electron chi connectivity index (χ2n) is 8.71. The Morgan fingerprint density at radius 2 is 2.00 bits per heavy atom. The molecule has 1 aromatic heterocycles. The summed E-state index contributed by atoms with van der Waals surface area (Å²) in [4.78, 5) is 25.7. The minimum absolute atomic E-state index is 0.233. The number of benzene rings is 2. The molecule has 0 spiro atoms. The van der Waals surface area contributed by atoms with Crippen molar-refractivity contribution in [3.8, 4) is 11.1 Å². The van der Waals surface area contributed by atoms with Gasteiger partial charge in [0.15, 0.2) is 0 Å². The Bertz CT molecular complexity index is 1250. The van der Waals surface area contributed by atoms with Crippen LogP contribution < -0.4 is 5.32 Å². The zero-order chi connectivity index (χ0) is 23.2. The molecule has 2 aromatic carbocycles. The highest BCUT2D eigenvalue weighted by Gasteiger charge is 2.52. The number of hydrogen-bond acceptors (Lipinski definition) is 4. The number of halogens is 2. The van der Waals surface area contributed by atoms with Gasteiger partial charge in [-0.05, 0) is 67.5 Å². The zero-order valence-electron chi connectivity index (χ0n) is 18.1. The summed E-state index contributed by atoms with van der Waals surface area (Å²) in [6.07, 6.45) is 8.34. The van der Waals surface area contributed by atoms with Crippen molar-refractivity contribution in [1.82, 2.24) is 9.78 Å². The van der Waals surface area contributed by atoms with Crippen molar-refractivity contribution in [2.75, 3.05) is 12.4 Å². The third-order valence-electron chi connectivity index (χ3n) is 6.68. The van der Waals surface area contributed by atoms with Gasteiger partial charge in [-0.3, -0.25) is 9.48 Å². The van der Waals surface area contributed by atoms with E-state index in [1.54, 1.807) is 30.5 Å². The van der Waals surface area contributed by atoms with E-state index >= 15 is 0 Å². The Balaban J connectivity index is 1.42. The molecule has 1 N–H and O–H groups in total. The first-order valence-corrected chi connectivity index (χ1v) is 11.3. The minimum Gasteiger partial charge on any atom is -0.465 e. The molecule has 0 unspecified atom stereocenters. The van der Waals surface area contributed by atoms with E-state index in [2.05, 4.69) is 10.4 Å². The van der Waals surface area contributed by atoms with Gasteiger partial charge in [0.1, 0.15) is 5.82 Å². The molecule has 1 amide bonds. The van der Waals surface area contributed by atoms with Crippen molar-refractivity contribution in [3.63, 3.8) is 0 Å². The third kappa shape index (κ3) is 3.91. The van der Waals surface area contributed by atoms with Gasteiger partial charge in [0, 0.05) is 22.5 Å². The Morgan fingerprint density at radius 1 is 1.21 bits per heavy atom. The second kappa shape index (κ2) is 8.30. The van der Waals surface area contributed by atoms with Crippen LogP contribution in [0.25, 0.3) is 11.1 Å². The Labute approximate surface area is 195 Å². The van der Waals surface area contributed by atoms with Gasteiger partial charge >= 0.3 is 5.97 Å². The highest BCUT2D eigenvalue weighted by Crippen LogP contribution is 2.51. The van der Waals surface area contributed by atoms with E-state index in [1.807, 2.05) is 10.9 Å². The van der Waals surface area contributed by atoms with Crippen LogP contribution in [0.1, 0.15) is 54.1 Å². The van der Waals surface area contributed by atoms with Crippen LogP contribution in [0.3, 0.4) is 0 Å². The van der Waals surface area contributed by atoms with Crippen LogP contribution in [0.5, 0.6) is 0 Å². The maximum atomic E-state index is 13.5. The number of carbonyl (C=O) groups excluding carboxylic acids is 2. The summed E-state index contributed by atoms with van der Waals surface area (Å²) in [6, 6.07) is 9.65. The van der Waals surface area contributed by atoms with E-state index < -0.39 is 17.2 Å². The average molecular weight is 468 g/mol. The van der Waals surface area contributed by atoms with E-state index in [4.69, 9.17) is 16.3 Å². The number of rotatable bonds is 6. The summed E-state index contributed by atoms with van der Waals surface area (Å²) in [5.41, 5.74) is 2.13. The van der Waals surface area contributed by atoms with Crippen LogP contribution in [0.2, 0.25) is 5.02 Å². The lowest BCUT2D eigenvalue weighted by Gasteiger charge is -2.25. The normalized spacial score (nSPS) is 16.7. The van der Waals surface area contributed by atoms with Crippen molar-refractivity contribution in [3.05, 3.63) is 70.8 Å². The number of aromatic nitrogens is 2. The van der Waals surface area contributed by atoms with Crippen molar-refractivity contribution < 1.29 is 18.7 Å². The van der Waals surface area contributed by atoms with Gasteiger partial charge in [-0.25, -0.2) is 9.18 Å². The number of nitrogens with zero attached hydrogens (tertiary/aromatic N) is 2. The van der Waals surface area contributed by atoms with Crippen molar-refractivity contribution in [2.24, 2.45) is 0 Å². The molecule has 0 radical (unpaired) electrons. The molecule has 2 saturated carbocycles. The minimum atomic E-state index is -0.793. The molecule has 3 aromatic rings. The molecule has 2 aliphatic carbocycles. The van der Waals surface area contributed by atoms with Crippen molar-refractivity contribution in [2.45, 2.75) is 43.6 Å². The van der Waals surface area contributed by atoms with Gasteiger partial charge in [-0.2, -0.15) is 5.10 Å². The molecule has 2 aliphatic rings. The van der Waals surface area contributed by atoms with Gasteiger partial charge in [0.05, 0.1) is 30.3 Å². The van der Waals surface area contributed by atoms with Crippen molar-refractivity contribution >= 4 is 29.2 Å². The first-order valence-electron chi connectivity index (χ1n) is 11.0. The summed E-state index contributed by atoms with van der Waals surface area (Å²) in [5, 5.41) is 7.59. The van der Waals surface area contributed by atoms with Gasteiger partial charge in [0.2, 0.25) is 5.91 Å². The third-order valence-corrected chi connectivity index (χ3v) is 6.99. The summed E-state index contributed by atoms with van der Waals surface area (Å²) >= 11 is 6.22. The number of hydrogen-bond donors (Lipinski definition) is 1. The molecular weight excluding hydrogens is 445 g/mol. The van der Waals surface area contributed by atoms with Crippen LogP contribution in [0, 0.1) is 5.82 Å². The number of methoxy groups -OCH3 is 1. The molecule has 170 valence electrons. The van der Waals surface area contributed by atoms with Crippen LogP contribution in [0.15, 0.2) is 48.8 Å². The topological polar surface area (TPSA) is 73.2 Å². The van der Waals surface area contributed by atoms with Crippen LogP contribution in [0.4, 0.5) is 10.1 Å². The molecule has 8 heteroatoms. The lowest BCUT2D eigenvalue weighted by molar-refractivity contribution is -0.118. The van der Waals surface area contributed by atoms with Crippen molar-refractivity contribution in [1.29, 1.82) is 0 Å². The van der Waals surface area contributed by atoms with E-state index in [1.165, 1.54) is 25.7 Å². The predicted octanol–water partition coefficient (Wildman–Crippen LogP) is 5.52. The smallest absolute Gasteiger partial charge is 0.338 e. The van der Waals surface area contributed by atoms with Crippen LogP contribution >= 0.6 is 11.6 Å². The molecule has 1 heterocycles. The standard InChI is InChI=1S/C25H23ClFN3O3/c1-33-23(31)20-12-17(6-7-19(20)15-13-28-30(14-15)18-3-2-4-18)29-24(32)25(9-10-25)21-8-5-16(27)11-22(21)26/h5-8,11-14,18H,2-4,9-10H2,1H3,(H,29,32). The molecule has 2 fully saturated rings. The lowest BCUT2D eigenvalue weighted by Crippen LogP contribution is -2.28. The fraction of sp³-hybridized carbons (Fsp3) is 0.320. The number of ether oxygens (including phenoxy) is 1. The largest absolute Gasteiger partial charge is 0.465 e. The predicted molar refractivity (Wildman–Crippen MR) is 123 cm³/mol. The fourth-order valence-electron chi connectivity index (χ4n) is 4.35. The van der Waals surface area contributed by atoms with E-state index in [0.717, 1.165) is 18.4 Å². The fourth-order valence-corrected chi connectivity index (χ4v) is 4.70. The SMILES string of the molecule is COC(=O)c1cc(NC(=O)C2(c3ccc(F)cc3Cl)CC2)ccc1-c1cnn(C2CCC2)c1. The Hall–Kier alpha value is -3.19. The lowest BCUT2D eigenvalue weighted by atomic mass is 9.93. The summed E-state index contributed by atoms with van der Waals surface area (Å²) in [7, 11) is 1.32. The summed E-state index contributed by atoms with van der Waals surface area (Å²) in [5.74, 6) is -1.18. The molecule has 5 rings (SSSR count). The molecule has 6 nitrogen and oxygen atoms in total. The quantitative estimate of drug-likeness (QED) is 0.484. The Morgan fingerprint density at radius 3 is 2.64 bits per heavy atom. The van der Waals surface area contributed by atoms with Gasteiger partial charge in [-0.15, -0.1) is 0 Å². The maximum absolute atomic E-state index is 13.5. The zero-order valence-corrected chi connectivity index (χ0v) is 18.9. The number of anilines is 1. The molecule has 0 atom stereocenters. The molecule has 0 saturated heterocycles. The number of carbonyl (C=O) groups is 2. The van der Waals surface area contributed by atoms with Gasteiger partial charge < -0.3 is 10.1 Å². The summed E-state index contributed by atoms with van der Waals surface area (Å²) < 4.78 is 20.4. The highest BCUT2D eigenvalue weighted by atomic mass is 35.5. The number of amides is 1. The summed E-state index contributed by atoms with van der Waals surface area (Å²) in [6.45, 7) is 0. The van der Waals surface area contributed by atoms with Gasteiger partial charge in [0.25, 0.3) is 0 Å².